The Bertz CT molecular complexity index is 707. The normalized spacial score (nSPS) is 17.9. The average molecular weight is 302 g/mol. The second-order valence-electron chi connectivity index (χ2n) is 5.51. The molecular formula is C14H14N4O2S. The molecule has 4 rings (SSSR count). The van der Waals surface area contributed by atoms with Gasteiger partial charge in [-0.1, -0.05) is 0 Å². The van der Waals surface area contributed by atoms with E-state index in [9.17, 15) is 4.79 Å². The molecule has 2 aliphatic carbocycles. The number of nitrogens with zero attached hydrogens (tertiary/aromatic N) is 4. The van der Waals surface area contributed by atoms with Crippen molar-refractivity contribution in [3.63, 3.8) is 0 Å². The molecule has 0 spiro atoms. The summed E-state index contributed by atoms with van der Waals surface area (Å²) in [5.41, 5.74) is 0.243. The van der Waals surface area contributed by atoms with E-state index in [1.54, 1.807) is 6.07 Å². The Morgan fingerprint density at radius 3 is 2.76 bits per heavy atom. The Balaban J connectivity index is 1.65. The van der Waals surface area contributed by atoms with Crippen molar-refractivity contribution in [1.82, 2.24) is 19.7 Å². The van der Waals surface area contributed by atoms with Gasteiger partial charge in [0.15, 0.2) is 5.16 Å². The van der Waals surface area contributed by atoms with Crippen LogP contribution in [0.15, 0.2) is 28.5 Å². The van der Waals surface area contributed by atoms with Crippen molar-refractivity contribution >= 4 is 17.7 Å². The van der Waals surface area contributed by atoms with E-state index < -0.39 is 5.97 Å². The molecule has 0 radical (unpaired) electrons. The predicted molar refractivity (Wildman–Crippen MR) is 75.6 cm³/mol. The van der Waals surface area contributed by atoms with E-state index in [1.165, 1.54) is 49.7 Å². The number of carboxylic acid groups (broad SMARTS) is 1. The van der Waals surface area contributed by atoms with Gasteiger partial charge in [-0.25, -0.2) is 9.78 Å². The molecule has 2 saturated carbocycles. The van der Waals surface area contributed by atoms with Crippen molar-refractivity contribution in [3.05, 3.63) is 29.7 Å². The van der Waals surface area contributed by atoms with Gasteiger partial charge in [-0.2, -0.15) is 0 Å². The molecule has 2 aliphatic rings. The first kappa shape index (κ1) is 12.8. The van der Waals surface area contributed by atoms with Gasteiger partial charge in [0.1, 0.15) is 10.9 Å². The molecule has 6 nitrogen and oxygen atoms in total. The number of carboxylic acids is 1. The van der Waals surface area contributed by atoms with E-state index in [0.29, 0.717) is 17.0 Å². The van der Waals surface area contributed by atoms with E-state index in [2.05, 4.69) is 19.7 Å². The molecule has 2 fully saturated rings. The molecule has 2 aromatic rings. The smallest absolute Gasteiger partial charge is 0.335 e. The number of pyridine rings is 1. The van der Waals surface area contributed by atoms with Crippen LogP contribution in [0.3, 0.4) is 0 Å². The molecule has 0 amide bonds. The minimum Gasteiger partial charge on any atom is -0.478 e. The summed E-state index contributed by atoms with van der Waals surface area (Å²) in [6, 6.07) is 3.59. The molecule has 2 heterocycles. The summed E-state index contributed by atoms with van der Waals surface area (Å²) in [6.45, 7) is 0. The Morgan fingerprint density at radius 1 is 1.29 bits per heavy atom. The molecule has 108 valence electrons. The molecular weight excluding hydrogens is 288 g/mol. The number of aromatic carboxylic acids is 1. The van der Waals surface area contributed by atoms with Crippen molar-refractivity contribution in [3.8, 4) is 0 Å². The van der Waals surface area contributed by atoms with Crippen LogP contribution in [0.4, 0.5) is 0 Å². The van der Waals surface area contributed by atoms with E-state index in [-0.39, 0.29) is 5.56 Å². The summed E-state index contributed by atoms with van der Waals surface area (Å²) in [7, 11) is 0. The number of rotatable bonds is 5. The maximum Gasteiger partial charge on any atom is 0.335 e. The minimum atomic E-state index is -0.943. The Kier molecular flexibility index (Phi) is 2.95. The number of carbonyl (C=O) groups is 1. The Morgan fingerprint density at radius 2 is 2.10 bits per heavy atom. The maximum absolute atomic E-state index is 11.0. The predicted octanol–water partition coefficient (Wildman–Crippen LogP) is 2.73. The molecule has 0 unspecified atom stereocenters. The topological polar surface area (TPSA) is 80.9 Å². The summed E-state index contributed by atoms with van der Waals surface area (Å²) in [4.78, 5) is 15.2. The zero-order valence-electron chi connectivity index (χ0n) is 11.3. The maximum atomic E-state index is 11.0. The highest BCUT2D eigenvalue weighted by atomic mass is 32.2. The number of aromatic nitrogens is 4. The summed E-state index contributed by atoms with van der Waals surface area (Å²) in [5.74, 6) is 0.710. The summed E-state index contributed by atoms with van der Waals surface area (Å²) < 4.78 is 2.23. The third-order valence-corrected chi connectivity index (χ3v) is 4.62. The number of hydrogen-bond donors (Lipinski definition) is 1. The van der Waals surface area contributed by atoms with Crippen LogP contribution in [-0.4, -0.2) is 30.8 Å². The quantitative estimate of drug-likeness (QED) is 0.914. The third kappa shape index (κ3) is 2.53. The minimum absolute atomic E-state index is 0.243. The summed E-state index contributed by atoms with van der Waals surface area (Å²) >= 11 is 1.40. The van der Waals surface area contributed by atoms with Crippen molar-refractivity contribution < 1.29 is 9.90 Å². The lowest BCUT2D eigenvalue weighted by Crippen LogP contribution is -2.02. The molecule has 21 heavy (non-hydrogen) atoms. The van der Waals surface area contributed by atoms with E-state index in [4.69, 9.17) is 5.11 Å². The highest BCUT2D eigenvalue weighted by molar-refractivity contribution is 7.99. The molecule has 0 aromatic carbocycles. The van der Waals surface area contributed by atoms with E-state index >= 15 is 0 Å². The first-order valence-corrected chi connectivity index (χ1v) is 7.86. The van der Waals surface area contributed by atoms with Crippen LogP contribution >= 0.6 is 11.8 Å². The monoisotopic (exact) mass is 302 g/mol. The molecule has 7 heteroatoms. The fourth-order valence-electron chi connectivity index (χ4n) is 2.35. The van der Waals surface area contributed by atoms with Crippen molar-refractivity contribution in [2.45, 2.75) is 47.8 Å². The summed E-state index contributed by atoms with van der Waals surface area (Å²) in [6.07, 6.45) is 6.26. The van der Waals surface area contributed by atoms with E-state index in [0.717, 1.165) is 11.0 Å². The fraction of sp³-hybridized carbons (Fsp3) is 0.429. The second kappa shape index (κ2) is 4.84. The van der Waals surface area contributed by atoms with Gasteiger partial charge in [-0.3, -0.25) is 0 Å². The zero-order chi connectivity index (χ0) is 14.4. The number of hydrogen-bond acceptors (Lipinski definition) is 5. The van der Waals surface area contributed by atoms with Crippen LogP contribution in [0.5, 0.6) is 0 Å². The van der Waals surface area contributed by atoms with Gasteiger partial charge < -0.3 is 9.67 Å². The largest absolute Gasteiger partial charge is 0.478 e. The molecule has 0 bridgehead atoms. The van der Waals surface area contributed by atoms with Gasteiger partial charge in [0, 0.05) is 18.2 Å². The van der Waals surface area contributed by atoms with Crippen molar-refractivity contribution in [1.29, 1.82) is 0 Å². The van der Waals surface area contributed by atoms with Gasteiger partial charge in [0.05, 0.1) is 5.56 Å². The van der Waals surface area contributed by atoms with Gasteiger partial charge in [-0.05, 0) is 49.6 Å². The Labute approximate surface area is 125 Å². The molecule has 2 aromatic heterocycles. The lowest BCUT2D eigenvalue weighted by atomic mass is 10.3. The van der Waals surface area contributed by atoms with Gasteiger partial charge in [-0.15, -0.1) is 10.2 Å². The lowest BCUT2D eigenvalue weighted by molar-refractivity contribution is 0.0696. The van der Waals surface area contributed by atoms with Crippen LogP contribution in [0.1, 0.15) is 53.8 Å². The SMILES string of the molecule is O=C(O)c1ccnc(Sc2nnc(C3CC3)n2C2CC2)c1. The average Bonchev–Trinajstić information content (AvgIpc) is 3.39. The molecule has 0 aliphatic heterocycles. The van der Waals surface area contributed by atoms with Gasteiger partial charge in [0.2, 0.25) is 0 Å². The third-order valence-electron chi connectivity index (χ3n) is 3.72. The highest BCUT2D eigenvalue weighted by Crippen LogP contribution is 2.46. The van der Waals surface area contributed by atoms with Gasteiger partial charge in [0.25, 0.3) is 0 Å². The van der Waals surface area contributed by atoms with Crippen LogP contribution in [0.25, 0.3) is 0 Å². The van der Waals surface area contributed by atoms with Crippen LogP contribution < -0.4 is 0 Å². The van der Waals surface area contributed by atoms with Crippen molar-refractivity contribution in [2.24, 2.45) is 0 Å². The zero-order valence-corrected chi connectivity index (χ0v) is 12.1. The van der Waals surface area contributed by atoms with Crippen molar-refractivity contribution in [2.75, 3.05) is 0 Å². The van der Waals surface area contributed by atoms with E-state index in [1.807, 2.05) is 0 Å². The first-order valence-electron chi connectivity index (χ1n) is 7.04. The Hall–Kier alpha value is -1.89. The first-order chi connectivity index (χ1) is 10.2. The van der Waals surface area contributed by atoms with Crippen LogP contribution in [-0.2, 0) is 0 Å². The molecule has 0 atom stereocenters. The highest BCUT2D eigenvalue weighted by Gasteiger charge is 2.36. The molecule has 1 N–H and O–H groups in total. The molecule has 0 saturated heterocycles. The fourth-order valence-corrected chi connectivity index (χ4v) is 3.25. The second-order valence-corrected chi connectivity index (χ2v) is 6.49. The summed E-state index contributed by atoms with van der Waals surface area (Å²) in [5, 5.41) is 19.2. The van der Waals surface area contributed by atoms with Crippen LogP contribution in [0.2, 0.25) is 0 Å². The standard InChI is InChI=1S/C14H14N4O2S/c19-13(20)9-5-6-15-11(7-9)21-14-17-16-12(8-1-2-8)18(14)10-3-4-10/h5-8,10H,1-4H2,(H,19,20). The van der Waals surface area contributed by atoms with Gasteiger partial charge >= 0.3 is 5.97 Å². The van der Waals surface area contributed by atoms with Crippen LogP contribution in [0, 0.1) is 0 Å². The lowest BCUT2D eigenvalue weighted by Gasteiger charge is -2.07.